The van der Waals surface area contributed by atoms with Crippen molar-refractivity contribution < 1.29 is 14.3 Å². The molecule has 0 saturated heterocycles. The lowest BCUT2D eigenvalue weighted by molar-refractivity contribution is 0.189. The van der Waals surface area contributed by atoms with Gasteiger partial charge in [-0.15, -0.1) is 0 Å². The molecule has 0 radical (unpaired) electrons. The van der Waals surface area contributed by atoms with Crippen LogP contribution >= 0.6 is 27.5 Å². The van der Waals surface area contributed by atoms with Crippen molar-refractivity contribution in [2.45, 2.75) is 6.10 Å². The molecule has 3 nitrogen and oxygen atoms in total. The Bertz CT molecular complexity index is 524. The summed E-state index contributed by atoms with van der Waals surface area (Å²) in [6, 6.07) is 8.56. The number of methoxy groups -OCH3 is 1. The fraction of sp³-hybridized carbons (Fsp3) is 0.167. The molecule has 5 heteroatoms. The average molecular weight is 318 g/mol. The van der Waals surface area contributed by atoms with Crippen LogP contribution in [0.3, 0.4) is 0 Å². The molecule has 0 amide bonds. The average Bonchev–Trinajstić information content (AvgIpc) is 2.75. The van der Waals surface area contributed by atoms with Crippen molar-refractivity contribution in [3.63, 3.8) is 0 Å². The Labute approximate surface area is 112 Å². The maximum atomic E-state index is 10.1. The van der Waals surface area contributed by atoms with E-state index in [1.165, 1.54) is 0 Å². The summed E-state index contributed by atoms with van der Waals surface area (Å²) in [5.74, 6) is 1.12. The van der Waals surface area contributed by atoms with E-state index < -0.39 is 6.10 Å². The van der Waals surface area contributed by atoms with Crippen LogP contribution in [-0.4, -0.2) is 12.2 Å². The number of furan rings is 1. The summed E-state index contributed by atoms with van der Waals surface area (Å²) in [5.41, 5.74) is 0.698. The van der Waals surface area contributed by atoms with Gasteiger partial charge in [0.2, 0.25) is 0 Å². The Balaban J connectivity index is 2.31. The molecule has 1 aromatic heterocycles. The topological polar surface area (TPSA) is 42.6 Å². The first-order chi connectivity index (χ1) is 8.11. The molecule has 1 unspecified atom stereocenters. The van der Waals surface area contributed by atoms with Gasteiger partial charge in [0.05, 0.1) is 11.6 Å². The van der Waals surface area contributed by atoms with Crippen LogP contribution in [0, 0.1) is 0 Å². The summed E-state index contributed by atoms with van der Waals surface area (Å²) in [7, 11) is 1.59. The number of halogens is 2. The minimum absolute atomic E-state index is 0.256. The number of hydrogen-bond acceptors (Lipinski definition) is 3. The van der Waals surface area contributed by atoms with Gasteiger partial charge in [-0.1, -0.05) is 6.07 Å². The zero-order chi connectivity index (χ0) is 12.4. The van der Waals surface area contributed by atoms with Crippen molar-refractivity contribution >= 4 is 27.5 Å². The van der Waals surface area contributed by atoms with Crippen LogP contribution in [-0.2, 0) is 0 Å². The largest absolute Gasteiger partial charge is 0.496 e. The third kappa shape index (κ3) is 2.65. The summed E-state index contributed by atoms with van der Waals surface area (Å²) in [5, 5.41) is 10.3. The van der Waals surface area contributed by atoms with Gasteiger partial charge in [-0.2, -0.15) is 0 Å². The predicted molar refractivity (Wildman–Crippen MR) is 68.5 cm³/mol. The van der Waals surface area contributed by atoms with Gasteiger partial charge in [0, 0.05) is 0 Å². The Kier molecular flexibility index (Phi) is 3.76. The second-order valence-corrected chi connectivity index (χ2v) is 4.67. The molecule has 0 aliphatic carbocycles. The lowest BCUT2D eigenvalue weighted by Gasteiger charge is -2.10. The normalized spacial score (nSPS) is 12.5. The van der Waals surface area contributed by atoms with Gasteiger partial charge in [0.1, 0.15) is 17.6 Å². The number of benzene rings is 1. The van der Waals surface area contributed by atoms with E-state index in [0.29, 0.717) is 17.1 Å². The van der Waals surface area contributed by atoms with Gasteiger partial charge >= 0.3 is 0 Å². The summed E-state index contributed by atoms with van der Waals surface area (Å²) in [4.78, 5) is 0. The van der Waals surface area contributed by atoms with E-state index in [1.807, 2.05) is 0 Å². The highest BCUT2D eigenvalue weighted by atomic mass is 79.9. The smallest absolute Gasteiger partial charge is 0.193 e. The molecule has 0 spiro atoms. The van der Waals surface area contributed by atoms with Crippen LogP contribution in [0.25, 0.3) is 0 Å². The lowest BCUT2D eigenvalue weighted by Crippen LogP contribution is -1.98. The van der Waals surface area contributed by atoms with E-state index in [4.69, 9.17) is 20.8 Å². The first-order valence-corrected chi connectivity index (χ1v) is 6.05. The Morgan fingerprint density at radius 3 is 2.65 bits per heavy atom. The summed E-state index contributed by atoms with van der Waals surface area (Å²) >= 11 is 9.02. The molecule has 0 bridgehead atoms. The molecule has 2 rings (SSSR count). The molecule has 17 heavy (non-hydrogen) atoms. The maximum Gasteiger partial charge on any atom is 0.193 e. The highest BCUT2D eigenvalue weighted by molar-refractivity contribution is 9.10. The number of hydrogen-bond donors (Lipinski definition) is 1. The van der Waals surface area contributed by atoms with E-state index in [9.17, 15) is 5.11 Å². The standard InChI is InChI=1S/C12H10BrClO3/c1-16-9-3-2-7(6-8(9)13)12(15)10-4-5-11(14)17-10/h2-6,12,15H,1H3. The monoisotopic (exact) mass is 316 g/mol. The Morgan fingerprint density at radius 1 is 1.35 bits per heavy atom. The van der Waals surface area contributed by atoms with Gasteiger partial charge in [-0.25, -0.2) is 0 Å². The fourth-order valence-corrected chi connectivity index (χ4v) is 2.20. The minimum atomic E-state index is -0.843. The van der Waals surface area contributed by atoms with Crippen LogP contribution in [0.4, 0.5) is 0 Å². The van der Waals surface area contributed by atoms with Crippen molar-refractivity contribution in [2.24, 2.45) is 0 Å². The molecule has 0 aliphatic rings. The number of ether oxygens (including phenoxy) is 1. The van der Waals surface area contributed by atoms with E-state index in [2.05, 4.69) is 15.9 Å². The van der Waals surface area contributed by atoms with Gasteiger partial charge in [0.15, 0.2) is 5.22 Å². The van der Waals surface area contributed by atoms with Crippen LogP contribution in [0.15, 0.2) is 39.2 Å². The second-order valence-electron chi connectivity index (χ2n) is 3.44. The molecule has 1 heterocycles. The molecular formula is C12H10BrClO3. The van der Waals surface area contributed by atoms with Crippen LogP contribution in [0.5, 0.6) is 5.75 Å². The zero-order valence-electron chi connectivity index (χ0n) is 8.98. The Morgan fingerprint density at radius 2 is 2.12 bits per heavy atom. The third-order valence-electron chi connectivity index (χ3n) is 2.36. The number of aliphatic hydroxyl groups excluding tert-OH is 1. The van der Waals surface area contributed by atoms with Crippen molar-refractivity contribution in [1.29, 1.82) is 0 Å². The molecule has 1 aromatic carbocycles. The molecule has 1 N–H and O–H groups in total. The molecular weight excluding hydrogens is 307 g/mol. The molecule has 0 aliphatic heterocycles. The van der Waals surface area contributed by atoms with Gasteiger partial charge in [0.25, 0.3) is 0 Å². The van der Waals surface area contributed by atoms with Gasteiger partial charge in [-0.05, 0) is 57.4 Å². The number of aliphatic hydroxyl groups is 1. The second kappa shape index (κ2) is 5.12. The van der Waals surface area contributed by atoms with Crippen molar-refractivity contribution in [3.05, 3.63) is 51.3 Å². The molecule has 1 atom stereocenters. The van der Waals surface area contributed by atoms with Crippen LogP contribution in [0.2, 0.25) is 5.22 Å². The quantitative estimate of drug-likeness (QED) is 0.936. The van der Waals surface area contributed by atoms with Crippen molar-refractivity contribution in [3.8, 4) is 5.75 Å². The summed E-state index contributed by atoms with van der Waals surface area (Å²) < 4.78 is 11.1. The predicted octanol–water partition coefficient (Wildman–Crippen LogP) is 3.79. The lowest BCUT2D eigenvalue weighted by atomic mass is 10.1. The summed E-state index contributed by atoms with van der Waals surface area (Å²) in [6.45, 7) is 0. The SMILES string of the molecule is COc1ccc(C(O)c2ccc(Cl)o2)cc1Br. The highest BCUT2D eigenvalue weighted by Gasteiger charge is 2.15. The van der Waals surface area contributed by atoms with Gasteiger partial charge < -0.3 is 14.3 Å². The highest BCUT2D eigenvalue weighted by Crippen LogP contribution is 2.31. The third-order valence-corrected chi connectivity index (χ3v) is 3.18. The molecule has 0 fully saturated rings. The molecule has 90 valence electrons. The zero-order valence-corrected chi connectivity index (χ0v) is 11.3. The molecule has 2 aromatic rings. The van der Waals surface area contributed by atoms with Crippen molar-refractivity contribution in [2.75, 3.05) is 7.11 Å². The fourth-order valence-electron chi connectivity index (χ4n) is 1.49. The van der Waals surface area contributed by atoms with Crippen LogP contribution < -0.4 is 4.74 Å². The van der Waals surface area contributed by atoms with Gasteiger partial charge in [-0.3, -0.25) is 0 Å². The minimum Gasteiger partial charge on any atom is -0.496 e. The maximum absolute atomic E-state index is 10.1. The van der Waals surface area contributed by atoms with E-state index in [0.717, 1.165) is 4.47 Å². The Hall–Kier alpha value is -0.970. The van der Waals surface area contributed by atoms with Crippen molar-refractivity contribution in [1.82, 2.24) is 0 Å². The summed E-state index contributed by atoms with van der Waals surface area (Å²) in [6.07, 6.45) is -0.843. The van der Waals surface area contributed by atoms with E-state index in [1.54, 1.807) is 37.4 Å². The first kappa shape index (κ1) is 12.5. The number of rotatable bonds is 3. The molecule has 0 saturated carbocycles. The first-order valence-electron chi connectivity index (χ1n) is 4.88. The van der Waals surface area contributed by atoms with E-state index >= 15 is 0 Å². The van der Waals surface area contributed by atoms with Crippen LogP contribution in [0.1, 0.15) is 17.4 Å². The van der Waals surface area contributed by atoms with E-state index in [-0.39, 0.29) is 5.22 Å².